The van der Waals surface area contributed by atoms with Crippen LogP contribution in [0.3, 0.4) is 0 Å². The van der Waals surface area contributed by atoms with Gasteiger partial charge in [-0.05, 0) is 19.3 Å². The fraction of sp³-hybridized carbons (Fsp3) is 0.923. The molecule has 1 fully saturated rings. The molecule has 0 radical (unpaired) electrons. The molecule has 1 rings (SSSR count). The predicted octanol–water partition coefficient (Wildman–Crippen LogP) is 2.53. The van der Waals surface area contributed by atoms with Crippen molar-refractivity contribution in [3.8, 4) is 0 Å². The van der Waals surface area contributed by atoms with Crippen LogP contribution >= 0.6 is 0 Å². The molecule has 94 valence electrons. The summed E-state index contributed by atoms with van der Waals surface area (Å²) < 4.78 is 0. The molecule has 16 heavy (non-hydrogen) atoms. The van der Waals surface area contributed by atoms with E-state index in [1.165, 1.54) is 44.9 Å². The Balaban J connectivity index is 1.94. The molecule has 0 atom stereocenters. The van der Waals surface area contributed by atoms with Gasteiger partial charge in [-0.25, -0.2) is 0 Å². The van der Waals surface area contributed by atoms with Crippen molar-refractivity contribution in [3.05, 3.63) is 0 Å². The van der Waals surface area contributed by atoms with Crippen molar-refractivity contribution >= 4 is 5.96 Å². The van der Waals surface area contributed by atoms with E-state index < -0.39 is 0 Å². The summed E-state index contributed by atoms with van der Waals surface area (Å²) in [6, 6.07) is 0. The number of nitrogens with zero attached hydrogens (tertiary/aromatic N) is 1. The fourth-order valence-electron chi connectivity index (χ4n) is 2.45. The summed E-state index contributed by atoms with van der Waals surface area (Å²) in [6.07, 6.45) is 9.95. The summed E-state index contributed by atoms with van der Waals surface area (Å²) in [6.45, 7) is 4.07. The lowest BCUT2D eigenvalue weighted by Gasteiger charge is -2.11. The molecule has 0 heterocycles. The first kappa shape index (κ1) is 13.3. The summed E-state index contributed by atoms with van der Waals surface area (Å²) in [7, 11) is 1.82. The van der Waals surface area contributed by atoms with E-state index >= 15 is 0 Å². The number of hydrogen-bond donors (Lipinski definition) is 2. The number of aliphatic imine (C=N–C) groups is 1. The van der Waals surface area contributed by atoms with Crippen LogP contribution < -0.4 is 10.6 Å². The minimum atomic E-state index is 0.932. The number of guanidine groups is 1. The monoisotopic (exact) mass is 225 g/mol. The third-order valence-corrected chi connectivity index (χ3v) is 3.37. The first-order chi connectivity index (χ1) is 7.86. The van der Waals surface area contributed by atoms with E-state index in [-0.39, 0.29) is 0 Å². The van der Waals surface area contributed by atoms with Crippen LogP contribution in [0.25, 0.3) is 0 Å². The van der Waals surface area contributed by atoms with Crippen molar-refractivity contribution in [1.29, 1.82) is 0 Å². The molecule has 0 aliphatic heterocycles. The van der Waals surface area contributed by atoms with Gasteiger partial charge in [-0.1, -0.05) is 38.5 Å². The second-order valence-corrected chi connectivity index (χ2v) is 4.68. The summed E-state index contributed by atoms with van der Waals surface area (Å²) in [5.41, 5.74) is 0. The van der Waals surface area contributed by atoms with Crippen molar-refractivity contribution < 1.29 is 0 Å². The SMILES string of the molecule is CCNC(=NC)NCCCCC1CCCC1. The highest BCUT2D eigenvalue weighted by atomic mass is 15.2. The molecule has 2 N–H and O–H groups in total. The zero-order valence-corrected chi connectivity index (χ0v) is 10.9. The Morgan fingerprint density at radius 1 is 1.19 bits per heavy atom. The van der Waals surface area contributed by atoms with Gasteiger partial charge in [0.15, 0.2) is 5.96 Å². The van der Waals surface area contributed by atoms with Crippen LogP contribution in [-0.2, 0) is 0 Å². The Morgan fingerprint density at radius 3 is 2.56 bits per heavy atom. The minimum Gasteiger partial charge on any atom is -0.357 e. The molecular formula is C13H27N3. The van der Waals surface area contributed by atoms with E-state index in [0.717, 1.165) is 25.0 Å². The molecule has 0 unspecified atom stereocenters. The molecule has 0 spiro atoms. The summed E-state index contributed by atoms with van der Waals surface area (Å²) in [4.78, 5) is 4.15. The molecule has 0 aromatic rings. The third kappa shape index (κ3) is 5.38. The Morgan fingerprint density at radius 2 is 1.94 bits per heavy atom. The van der Waals surface area contributed by atoms with Crippen molar-refractivity contribution in [2.75, 3.05) is 20.1 Å². The maximum absolute atomic E-state index is 4.15. The van der Waals surface area contributed by atoms with Crippen LogP contribution in [0.15, 0.2) is 4.99 Å². The molecular weight excluding hydrogens is 198 g/mol. The molecule has 1 aliphatic rings. The van der Waals surface area contributed by atoms with Gasteiger partial charge >= 0.3 is 0 Å². The lowest BCUT2D eigenvalue weighted by molar-refractivity contribution is 0.472. The van der Waals surface area contributed by atoms with E-state index in [0.29, 0.717) is 0 Å². The van der Waals surface area contributed by atoms with Crippen molar-refractivity contribution in [2.45, 2.75) is 51.9 Å². The van der Waals surface area contributed by atoms with Crippen LogP contribution in [0.2, 0.25) is 0 Å². The first-order valence-electron chi connectivity index (χ1n) is 6.81. The summed E-state index contributed by atoms with van der Waals surface area (Å²) >= 11 is 0. The third-order valence-electron chi connectivity index (χ3n) is 3.37. The lowest BCUT2D eigenvalue weighted by atomic mass is 10.0. The average molecular weight is 225 g/mol. The Kier molecular flexibility index (Phi) is 7.02. The number of hydrogen-bond acceptors (Lipinski definition) is 1. The molecule has 1 aliphatic carbocycles. The van der Waals surface area contributed by atoms with Crippen molar-refractivity contribution in [3.63, 3.8) is 0 Å². The lowest BCUT2D eigenvalue weighted by Crippen LogP contribution is -2.37. The average Bonchev–Trinajstić information content (AvgIpc) is 2.80. The normalized spacial score (nSPS) is 17.8. The number of unbranched alkanes of at least 4 members (excludes halogenated alkanes) is 1. The minimum absolute atomic E-state index is 0.932. The van der Waals surface area contributed by atoms with E-state index in [1.807, 2.05) is 7.05 Å². The highest BCUT2D eigenvalue weighted by Gasteiger charge is 2.13. The molecule has 0 amide bonds. The van der Waals surface area contributed by atoms with E-state index in [1.54, 1.807) is 0 Å². The highest BCUT2D eigenvalue weighted by molar-refractivity contribution is 5.79. The molecule has 3 heteroatoms. The first-order valence-corrected chi connectivity index (χ1v) is 6.81. The van der Waals surface area contributed by atoms with Gasteiger partial charge in [0.05, 0.1) is 0 Å². The standard InChI is InChI=1S/C13H27N3/c1-3-15-13(14-2)16-11-7-6-10-12-8-4-5-9-12/h12H,3-11H2,1-2H3,(H2,14,15,16). The van der Waals surface area contributed by atoms with E-state index in [4.69, 9.17) is 0 Å². The molecule has 1 saturated carbocycles. The van der Waals surface area contributed by atoms with Crippen LogP contribution in [0.5, 0.6) is 0 Å². The van der Waals surface area contributed by atoms with Gasteiger partial charge in [0.25, 0.3) is 0 Å². The Labute approximate surface area is 100 Å². The zero-order chi connectivity index (χ0) is 11.6. The van der Waals surface area contributed by atoms with E-state index in [9.17, 15) is 0 Å². The zero-order valence-electron chi connectivity index (χ0n) is 10.9. The molecule has 3 nitrogen and oxygen atoms in total. The van der Waals surface area contributed by atoms with Crippen LogP contribution in [0.4, 0.5) is 0 Å². The quantitative estimate of drug-likeness (QED) is 0.414. The van der Waals surface area contributed by atoms with Crippen molar-refractivity contribution in [1.82, 2.24) is 10.6 Å². The fourth-order valence-corrected chi connectivity index (χ4v) is 2.45. The molecule has 0 bridgehead atoms. The van der Waals surface area contributed by atoms with Gasteiger partial charge in [-0.3, -0.25) is 4.99 Å². The summed E-state index contributed by atoms with van der Waals surface area (Å²) in [5, 5.41) is 6.54. The number of nitrogens with one attached hydrogen (secondary N) is 2. The number of rotatable bonds is 6. The second kappa shape index (κ2) is 8.43. The van der Waals surface area contributed by atoms with Crippen LogP contribution in [0.1, 0.15) is 51.9 Å². The molecule has 0 aromatic carbocycles. The van der Waals surface area contributed by atoms with Crippen LogP contribution in [-0.4, -0.2) is 26.1 Å². The van der Waals surface area contributed by atoms with Gasteiger partial charge in [0.2, 0.25) is 0 Å². The maximum atomic E-state index is 4.15. The second-order valence-electron chi connectivity index (χ2n) is 4.68. The van der Waals surface area contributed by atoms with Crippen LogP contribution in [0, 0.1) is 5.92 Å². The summed E-state index contributed by atoms with van der Waals surface area (Å²) in [5.74, 6) is 1.97. The topological polar surface area (TPSA) is 36.4 Å². The Bertz CT molecular complexity index is 195. The highest BCUT2D eigenvalue weighted by Crippen LogP contribution is 2.28. The predicted molar refractivity (Wildman–Crippen MR) is 70.8 cm³/mol. The van der Waals surface area contributed by atoms with Gasteiger partial charge in [0.1, 0.15) is 0 Å². The van der Waals surface area contributed by atoms with Crippen molar-refractivity contribution in [2.24, 2.45) is 10.9 Å². The van der Waals surface area contributed by atoms with Gasteiger partial charge < -0.3 is 10.6 Å². The smallest absolute Gasteiger partial charge is 0.190 e. The molecule has 0 saturated heterocycles. The largest absolute Gasteiger partial charge is 0.357 e. The van der Waals surface area contributed by atoms with E-state index in [2.05, 4.69) is 22.5 Å². The van der Waals surface area contributed by atoms with Gasteiger partial charge in [-0.2, -0.15) is 0 Å². The van der Waals surface area contributed by atoms with Gasteiger partial charge in [-0.15, -0.1) is 0 Å². The molecule has 0 aromatic heterocycles. The maximum Gasteiger partial charge on any atom is 0.190 e. The Hall–Kier alpha value is -0.730. The van der Waals surface area contributed by atoms with Gasteiger partial charge in [0, 0.05) is 20.1 Å².